The zero-order valence-electron chi connectivity index (χ0n) is 9.81. The van der Waals surface area contributed by atoms with Gasteiger partial charge in [0.1, 0.15) is 0 Å². The molecular weight excluding hydrogens is 267 g/mol. The van der Waals surface area contributed by atoms with Gasteiger partial charge >= 0.3 is 0 Å². The number of rotatable bonds is 5. The van der Waals surface area contributed by atoms with E-state index in [1.165, 1.54) is 5.56 Å². The Morgan fingerprint density at radius 3 is 2.61 bits per heavy atom. The van der Waals surface area contributed by atoms with Crippen LogP contribution in [0.2, 0.25) is 5.02 Å². The van der Waals surface area contributed by atoms with Crippen LogP contribution in [-0.2, 0) is 6.42 Å². The van der Waals surface area contributed by atoms with Gasteiger partial charge in [-0.25, -0.2) is 0 Å². The molecule has 0 aliphatic carbocycles. The number of hydrogen-bond acceptors (Lipinski definition) is 2. The molecule has 1 aromatic carbocycles. The average molecular weight is 281 g/mol. The number of benzene rings is 1. The Morgan fingerprint density at radius 1 is 1.17 bits per heavy atom. The van der Waals surface area contributed by atoms with E-state index < -0.39 is 0 Å². The van der Waals surface area contributed by atoms with Crippen LogP contribution in [-0.4, -0.2) is 16.9 Å². The normalized spacial score (nSPS) is 12.1. The van der Waals surface area contributed by atoms with Gasteiger partial charge in [0.2, 0.25) is 0 Å². The lowest BCUT2D eigenvalue weighted by Crippen LogP contribution is -2.24. The maximum absolute atomic E-state index is 6.06. The summed E-state index contributed by atoms with van der Waals surface area (Å²) in [5.74, 6) is 0.521. The van der Waals surface area contributed by atoms with Crippen molar-refractivity contribution in [2.24, 2.45) is 0 Å². The summed E-state index contributed by atoms with van der Waals surface area (Å²) in [6.45, 7) is 0. The first-order valence-corrected chi connectivity index (χ1v) is 6.67. The number of pyridine rings is 1. The predicted octanol–water partition coefficient (Wildman–Crippen LogP) is 4.00. The summed E-state index contributed by atoms with van der Waals surface area (Å²) in [6, 6.07) is 12.2. The van der Waals surface area contributed by atoms with Crippen molar-refractivity contribution in [3.63, 3.8) is 0 Å². The molecule has 0 bridgehead atoms. The molecule has 0 amide bonds. The van der Waals surface area contributed by atoms with E-state index in [4.69, 9.17) is 23.2 Å². The number of aromatic nitrogens is 1. The van der Waals surface area contributed by atoms with E-state index in [0.29, 0.717) is 10.9 Å². The molecule has 1 unspecified atom stereocenters. The molecule has 0 aliphatic rings. The van der Waals surface area contributed by atoms with Crippen LogP contribution in [0.1, 0.15) is 5.56 Å². The second-order valence-electron chi connectivity index (χ2n) is 4.04. The highest BCUT2D eigenvalue weighted by Gasteiger charge is 2.10. The molecule has 1 aromatic heterocycles. The minimum Gasteiger partial charge on any atom is -0.379 e. The number of anilines is 1. The van der Waals surface area contributed by atoms with Crippen LogP contribution in [0.5, 0.6) is 0 Å². The Hall–Kier alpha value is -1.25. The van der Waals surface area contributed by atoms with Crippen LogP contribution in [0.4, 0.5) is 5.69 Å². The van der Waals surface area contributed by atoms with E-state index in [1.54, 1.807) is 12.4 Å². The maximum atomic E-state index is 6.06. The zero-order valence-corrected chi connectivity index (χ0v) is 11.3. The summed E-state index contributed by atoms with van der Waals surface area (Å²) in [7, 11) is 0. The Kier molecular flexibility index (Phi) is 4.85. The van der Waals surface area contributed by atoms with Crippen molar-refractivity contribution < 1.29 is 0 Å². The van der Waals surface area contributed by atoms with E-state index in [2.05, 4.69) is 22.4 Å². The highest BCUT2D eigenvalue weighted by atomic mass is 35.5. The van der Waals surface area contributed by atoms with E-state index in [1.807, 2.05) is 24.3 Å². The van der Waals surface area contributed by atoms with Gasteiger partial charge < -0.3 is 5.32 Å². The van der Waals surface area contributed by atoms with Gasteiger partial charge in [0, 0.05) is 24.3 Å². The molecule has 2 aromatic rings. The van der Waals surface area contributed by atoms with Gasteiger partial charge in [-0.3, -0.25) is 4.98 Å². The minimum absolute atomic E-state index is 0.147. The fourth-order valence-electron chi connectivity index (χ4n) is 1.75. The number of hydrogen-bond donors (Lipinski definition) is 1. The summed E-state index contributed by atoms with van der Waals surface area (Å²) in [5, 5.41) is 3.95. The highest BCUT2D eigenvalue weighted by molar-refractivity contribution is 6.33. The van der Waals surface area contributed by atoms with Crippen LogP contribution in [0.15, 0.2) is 48.8 Å². The molecule has 0 saturated heterocycles. The van der Waals surface area contributed by atoms with Gasteiger partial charge in [-0.05, 0) is 18.1 Å². The lowest BCUT2D eigenvalue weighted by molar-refractivity contribution is 0.797. The lowest BCUT2D eigenvalue weighted by atomic mass is 10.1. The molecule has 18 heavy (non-hydrogen) atoms. The first-order chi connectivity index (χ1) is 8.79. The van der Waals surface area contributed by atoms with Crippen molar-refractivity contribution in [1.29, 1.82) is 0 Å². The summed E-state index contributed by atoms with van der Waals surface area (Å²) in [6.07, 6.45) is 4.20. The van der Waals surface area contributed by atoms with E-state index >= 15 is 0 Å². The van der Waals surface area contributed by atoms with Gasteiger partial charge in [-0.15, -0.1) is 11.6 Å². The van der Waals surface area contributed by atoms with Gasteiger partial charge in [0.05, 0.1) is 10.7 Å². The topological polar surface area (TPSA) is 24.9 Å². The van der Waals surface area contributed by atoms with Crippen LogP contribution < -0.4 is 5.32 Å². The van der Waals surface area contributed by atoms with Gasteiger partial charge in [0.25, 0.3) is 0 Å². The highest BCUT2D eigenvalue weighted by Crippen LogP contribution is 2.21. The van der Waals surface area contributed by atoms with Crippen LogP contribution in [0.25, 0.3) is 0 Å². The van der Waals surface area contributed by atoms with Crippen molar-refractivity contribution in [1.82, 2.24) is 4.98 Å². The fraction of sp³-hybridized carbons (Fsp3) is 0.214. The van der Waals surface area contributed by atoms with Crippen molar-refractivity contribution >= 4 is 28.9 Å². The standard InChI is InChI=1S/C14H14Cl2N2/c15-9-12(8-11-4-2-1-3-5-11)18-14-6-7-17-10-13(14)16/h1-7,10,12H,8-9H2,(H,17,18). The summed E-state index contributed by atoms with van der Waals surface area (Å²) in [4.78, 5) is 3.96. The SMILES string of the molecule is ClCC(Cc1ccccc1)Nc1ccncc1Cl. The third-order valence-corrected chi connectivity index (χ3v) is 3.32. The molecule has 2 rings (SSSR count). The first-order valence-electron chi connectivity index (χ1n) is 5.75. The van der Waals surface area contributed by atoms with Crippen molar-refractivity contribution in [3.8, 4) is 0 Å². The molecule has 0 spiro atoms. The maximum Gasteiger partial charge on any atom is 0.0820 e. The van der Waals surface area contributed by atoms with Crippen molar-refractivity contribution in [3.05, 3.63) is 59.4 Å². The van der Waals surface area contributed by atoms with Crippen LogP contribution >= 0.6 is 23.2 Å². The molecule has 0 radical (unpaired) electrons. The van der Waals surface area contributed by atoms with Crippen LogP contribution in [0.3, 0.4) is 0 Å². The fourth-order valence-corrected chi connectivity index (χ4v) is 2.12. The van der Waals surface area contributed by atoms with E-state index in [9.17, 15) is 0 Å². The van der Waals surface area contributed by atoms with E-state index in [0.717, 1.165) is 12.1 Å². The smallest absolute Gasteiger partial charge is 0.0820 e. The Labute approximate surface area is 117 Å². The number of halogens is 2. The average Bonchev–Trinajstić information content (AvgIpc) is 2.41. The summed E-state index contributed by atoms with van der Waals surface area (Å²) < 4.78 is 0. The third-order valence-electron chi connectivity index (χ3n) is 2.64. The molecule has 1 N–H and O–H groups in total. The van der Waals surface area contributed by atoms with Gasteiger partial charge in [-0.2, -0.15) is 0 Å². The third kappa shape index (κ3) is 3.62. The molecule has 1 heterocycles. The minimum atomic E-state index is 0.147. The van der Waals surface area contributed by atoms with Crippen molar-refractivity contribution in [2.75, 3.05) is 11.2 Å². The van der Waals surface area contributed by atoms with E-state index in [-0.39, 0.29) is 6.04 Å². The molecule has 0 saturated carbocycles. The number of alkyl halides is 1. The Balaban J connectivity index is 2.04. The second kappa shape index (κ2) is 6.62. The molecule has 0 fully saturated rings. The molecule has 2 nitrogen and oxygen atoms in total. The Bertz CT molecular complexity index is 488. The molecular formula is C14H14Cl2N2. The second-order valence-corrected chi connectivity index (χ2v) is 4.76. The van der Waals surface area contributed by atoms with Crippen molar-refractivity contribution in [2.45, 2.75) is 12.5 Å². The number of nitrogens with one attached hydrogen (secondary N) is 1. The van der Waals surface area contributed by atoms with Gasteiger partial charge in [-0.1, -0.05) is 41.9 Å². The monoisotopic (exact) mass is 280 g/mol. The molecule has 0 aliphatic heterocycles. The summed E-state index contributed by atoms with van der Waals surface area (Å²) >= 11 is 12.1. The quantitative estimate of drug-likeness (QED) is 0.838. The summed E-state index contributed by atoms with van der Waals surface area (Å²) in [5.41, 5.74) is 2.12. The largest absolute Gasteiger partial charge is 0.379 e. The van der Waals surface area contributed by atoms with Gasteiger partial charge in [0.15, 0.2) is 0 Å². The zero-order chi connectivity index (χ0) is 12.8. The predicted molar refractivity (Wildman–Crippen MR) is 77.5 cm³/mol. The number of nitrogens with zero attached hydrogens (tertiary/aromatic N) is 1. The van der Waals surface area contributed by atoms with Crippen LogP contribution in [0, 0.1) is 0 Å². The molecule has 94 valence electrons. The molecule has 4 heteroatoms. The Morgan fingerprint density at radius 2 is 1.94 bits per heavy atom. The molecule has 1 atom stereocenters. The first kappa shape index (κ1) is 13.2. The lowest BCUT2D eigenvalue weighted by Gasteiger charge is -2.18.